The molecule has 0 heterocycles. The average molecular weight is 270 g/mol. The van der Waals surface area contributed by atoms with E-state index in [1.54, 1.807) is 0 Å². The molecule has 20 heavy (non-hydrogen) atoms. The van der Waals surface area contributed by atoms with Crippen molar-refractivity contribution in [2.75, 3.05) is 13.1 Å². The third-order valence-corrected chi connectivity index (χ3v) is 4.05. The molecule has 1 aromatic rings. The molecule has 1 aromatic carbocycles. The first-order valence-corrected chi connectivity index (χ1v) is 7.28. The van der Waals surface area contributed by atoms with Crippen LogP contribution >= 0.6 is 0 Å². The Balaban J connectivity index is 1.89. The van der Waals surface area contributed by atoms with Crippen molar-refractivity contribution in [2.45, 2.75) is 26.2 Å². The van der Waals surface area contributed by atoms with E-state index in [0.717, 1.165) is 18.0 Å². The molecule has 0 aromatic heterocycles. The molecule has 0 aliphatic heterocycles. The van der Waals surface area contributed by atoms with E-state index in [1.165, 1.54) is 19.3 Å². The monoisotopic (exact) mass is 270 g/mol. The van der Waals surface area contributed by atoms with Crippen LogP contribution in [0.15, 0.2) is 24.3 Å². The van der Waals surface area contributed by atoms with Crippen molar-refractivity contribution in [3.8, 4) is 11.8 Å². The molecule has 1 fully saturated rings. The highest BCUT2D eigenvalue weighted by atomic mass is 16.1. The topological polar surface area (TPSA) is 55.1 Å². The first-order chi connectivity index (χ1) is 9.70. The molecule has 0 spiro atoms. The van der Waals surface area contributed by atoms with Crippen LogP contribution in [-0.4, -0.2) is 19.0 Å². The molecule has 1 aliphatic rings. The van der Waals surface area contributed by atoms with Crippen LogP contribution < -0.4 is 11.1 Å². The van der Waals surface area contributed by atoms with E-state index in [0.29, 0.717) is 18.0 Å². The molecule has 106 valence electrons. The van der Waals surface area contributed by atoms with E-state index in [1.807, 2.05) is 24.3 Å². The third kappa shape index (κ3) is 3.85. The predicted octanol–water partition coefficient (Wildman–Crippen LogP) is 2.16. The van der Waals surface area contributed by atoms with E-state index in [4.69, 9.17) is 5.73 Å². The van der Waals surface area contributed by atoms with Gasteiger partial charge in [-0.3, -0.25) is 4.79 Å². The predicted molar refractivity (Wildman–Crippen MR) is 81.2 cm³/mol. The SMILES string of the molecule is CC1CCCC1CNC(=O)c1ccc(C#CCN)cc1. The van der Waals surface area contributed by atoms with E-state index in [2.05, 4.69) is 24.1 Å². The van der Waals surface area contributed by atoms with E-state index in [9.17, 15) is 4.79 Å². The zero-order chi connectivity index (χ0) is 14.4. The Hall–Kier alpha value is -1.79. The summed E-state index contributed by atoms with van der Waals surface area (Å²) in [6.45, 7) is 3.41. The summed E-state index contributed by atoms with van der Waals surface area (Å²) in [6.07, 6.45) is 3.81. The summed E-state index contributed by atoms with van der Waals surface area (Å²) >= 11 is 0. The lowest BCUT2D eigenvalue weighted by atomic mass is 9.98. The Morgan fingerprint density at radius 1 is 1.35 bits per heavy atom. The standard InChI is InChI=1S/C17H22N2O/c1-13-4-2-6-16(13)12-19-17(20)15-9-7-14(8-10-15)5-3-11-18/h7-10,13,16H,2,4,6,11-12,18H2,1H3,(H,19,20). The number of amides is 1. The summed E-state index contributed by atoms with van der Waals surface area (Å²) in [5.74, 6) is 7.11. The molecule has 3 heteroatoms. The fourth-order valence-corrected chi connectivity index (χ4v) is 2.71. The molecule has 1 amide bonds. The van der Waals surface area contributed by atoms with Crippen molar-refractivity contribution >= 4 is 5.91 Å². The minimum absolute atomic E-state index is 0.00225. The highest BCUT2D eigenvalue weighted by Crippen LogP contribution is 2.30. The number of carbonyl (C=O) groups is 1. The Bertz CT molecular complexity index is 510. The fourth-order valence-electron chi connectivity index (χ4n) is 2.71. The number of nitrogens with one attached hydrogen (secondary N) is 1. The maximum atomic E-state index is 12.1. The Labute approximate surface area is 120 Å². The lowest BCUT2D eigenvalue weighted by Crippen LogP contribution is -2.30. The van der Waals surface area contributed by atoms with Crippen LogP contribution in [0.4, 0.5) is 0 Å². The summed E-state index contributed by atoms with van der Waals surface area (Å²) in [4.78, 5) is 12.1. The van der Waals surface area contributed by atoms with Gasteiger partial charge in [0.1, 0.15) is 0 Å². The van der Waals surface area contributed by atoms with Gasteiger partial charge in [-0.05, 0) is 42.5 Å². The van der Waals surface area contributed by atoms with Crippen molar-refractivity contribution in [2.24, 2.45) is 17.6 Å². The molecule has 2 rings (SSSR count). The van der Waals surface area contributed by atoms with Crippen LogP contribution in [0.2, 0.25) is 0 Å². The van der Waals surface area contributed by atoms with E-state index >= 15 is 0 Å². The van der Waals surface area contributed by atoms with Crippen LogP contribution in [0.25, 0.3) is 0 Å². The second-order valence-electron chi connectivity index (χ2n) is 5.46. The molecular weight excluding hydrogens is 248 g/mol. The minimum Gasteiger partial charge on any atom is -0.352 e. The van der Waals surface area contributed by atoms with Crippen molar-refractivity contribution in [3.05, 3.63) is 35.4 Å². The van der Waals surface area contributed by atoms with Crippen molar-refractivity contribution < 1.29 is 4.79 Å². The maximum absolute atomic E-state index is 12.1. The minimum atomic E-state index is 0.00225. The summed E-state index contributed by atoms with van der Waals surface area (Å²) in [5.41, 5.74) is 6.90. The van der Waals surface area contributed by atoms with Gasteiger partial charge in [-0.25, -0.2) is 0 Å². The number of benzene rings is 1. The van der Waals surface area contributed by atoms with Gasteiger partial charge in [-0.1, -0.05) is 31.6 Å². The van der Waals surface area contributed by atoms with Crippen LogP contribution in [0.1, 0.15) is 42.1 Å². The summed E-state index contributed by atoms with van der Waals surface area (Å²) in [5, 5.41) is 3.04. The first kappa shape index (κ1) is 14.6. The molecule has 2 atom stereocenters. The molecule has 0 bridgehead atoms. The molecule has 1 aliphatic carbocycles. The molecular formula is C17H22N2O. The highest BCUT2D eigenvalue weighted by molar-refractivity contribution is 5.94. The second kappa shape index (κ2) is 7.12. The lowest BCUT2D eigenvalue weighted by molar-refractivity contribution is 0.0944. The Morgan fingerprint density at radius 2 is 2.10 bits per heavy atom. The van der Waals surface area contributed by atoms with Crippen LogP contribution in [0.5, 0.6) is 0 Å². The van der Waals surface area contributed by atoms with Gasteiger partial charge in [0, 0.05) is 17.7 Å². The lowest BCUT2D eigenvalue weighted by Gasteiger charge is -2.15. The number of rotatable bonds is 3. The molecule has 3 N–H and O–H groups in total. The van der Waals surface area contributed by atoms with Gasteiger partial charge in [0.25, 0.3) is 5.91 Å². The van der Waals surface area contributed by atoms with E-state index < -0.39 is 0 Å². The third-order valence-electron chi connectivity index (χ3n) is 4.05. The first-order valence-electron chi connectivity index (χ1n) is 7.28. The summed E-state index contributed by atoms with van der Waals surface area (Å²) in [7, 11) is 0. The van der Waals surface area contributed by atoms with Crippen LogP contribution in [-0.2, 0) is 0 Å². The van der Waals surface area contributed by atoms with Crippen molar-refractivity contribution in [1.29, 1.82) is 0 Å². The van der Waals surface area contributed by atoms with Crippen molar-refractivity contribution in [1.82, 2.24) is 5.32 Å². The summed E-state index contributed by atoms with van der Waals surface area (Å²) in [6, 6.07) is 7.34. The largest absolute Gasteiger partial charge is 0.352 e. The number of nitrogens with two attached hydrogens (primary N) is 1. The van der Waals surface area contributed by atoms with Crippen molar-refractivity contribution in [3.63, 3.8) is 0 Å². The van der Waals surface area contributed by atoms with Gasteiger partial charge in [0.05, 0.1) is 6.54 Å². The quantitative estimate of drug-likeness (QED) is 0.827. The Morgan fingerprint density at radius 3 is 2.70 bits per heavy atom. The smallest absolute Gasteiger partial charge is 0.251 e. The molecule has 3 nitrogen and oxygen atoms in total. The van der Waals surface area contributed by atoms with Crippen LogP contribution in [0, 0.1) is 23.7 Å². The Kier molecular flexibility index (Phi) is 5.20. The fraction of sp³-hybridized carbons (Fsp3) is 0.471. The average Bonchev–Trinajstić information content (AvgIpc) is 2.88. The highest BCUT2D eigenvalue weighted by Gasteiger charge is 2.23. The van der Waals surface area contributed by atoms with Gasteiger partial charge < -0.3 is 11.1 Å². The zero-order valence-corrected chi connectivity index (χ0v) is 12.0. The molecule has 2 unspecified atom stereocenters. The zero-order valence-electron chi connectivity index (χ0n) is 12.0. The van der Waals surface area contributed by atoms with Gasteiger partial charge in [-0.2, -0.15) is 0 Å². The van der Waals surface area contributed by atoms with E-state index in [-0.39, 0.29) is 5.91 Å². The van der Waals surface area contributed by atoms with Gasteiger partial charge in [0.15, 0.2) is 0 Å². The molecule has 1 saturated carbocycles. The maximum Gasteiger partial charge on any atom is 0.251 e. The number of hydrogen-bond acceptors (Lipinski definition) is 2. The molecule has 0 saturated heterocycles. The number of hydrogen-bond donors (Lipinski definition) is 2. The van der Waals surface area contributed by atoms with Gasteiger partial charge in [0.2, 0.25) is 0 Å². The summed E-state index contributed by atoms with van der Waals surface area (Å²) < 4.78 is 0. The van der Waals surface area contributed by atoms with Crippen LogP contribution in [0.3, 0.4) is 0 Å². The normalized spacial score (nSPS) is 21.1. The second-order valence-corrected chi connectivity index (χ2v) is 5.46. The number of carbonyl (C=O) groups excluding carboxylic acids is 1. The van der Waals surface area contributed by atoms with Gasteiger partial charge in [-0.15, -0.1) is 0 Å². The molecule has 0 radical (unpaired) electrons. The van der Waals surface area contributed by atoms with Gasteiger partial charge >= 0.3 is 0 Å².